The lowest BCUT2D eigenvalue weighted by molar-refractivity contribution is -0.116. The topological polar surface area (TPSA) is 87.5 Å². The van der Waals surface area contributed by atoms with Crippen LogP contribution in [0.5, 0.6) is 17.2 Å². The molecule has 0 fully saturated rings. The fraction of sp³-hybridized carbons (Fsp3) is 0.261. The minimum Gasteiger partial charge on any atom is -0.497 e. The number of rotatable bonds is 5. The van der Waals surface area contributed by atoms with Crippen LogP contribution in [0.4, 0.5) is 5.82 Å². The predicted molar refractivity (Wildman–Crippen MR) is 123 cm³/mol. The molecular weight excluding hydrogens is 428 g/mol. The molecule has 5 rings (SSSR count). The van der Waals surface area contributed by atoms with Gasteiger partial charge >= 0.3 is 0 Å². The zero-order chi connectivity index (χ0) is 22.4. The van der Waals surface area contributed by atoms with Crippen molar-refractivity contribution in [1.82, 2.24) is 14.8 Å². The largest absolute Gasteiger partial charge is 0.497 e. The highest BCUT2D eigenvalue weighted by Crippen LogP contribution is 2.46. The quantitative estimate of drug-likeness (QED) is 0.488. The summed E-state index contributed by atoms with van der Waals surface area (Å²) in [5.74, 6) is 2.36. The van der Waals surface area contributed by atoms with Crippen LogP contribution in [0.1, 0.15) is 29.2 Å². The Morgan fingerprint density at radius 1 is 1.12 bits per heavy atom. The summed E-state index contributed by atoms with van der Waals surface area (Å²) < 4.78 is 19.2. The molecule has 1 N–H and O–H groups in total. The Morgan fingerprint density at radius 3 is 2.72 bits per heavy atom. The third-order valence-corrected chi connectivity index (χ3v) is 6.67. The molecule has 164 valence electrons. The maximum absolute atomic E-state index is 12.8. The Balaban J connectivity index is 1.67. The van der Waals surface area contributed by atoms with Gasteiger partial charge in [-0.3, -0.25) is 4.79 Å². The minimum absolute atomic E-state index is 0.0868. The van der Waals surface area contributed by atoms with Crippen molar-refractivity contribution in [1.29, 1.82) is 0 Å². The molecule has 1 amide bonds. The van der Waals surface area contributed by atoms with Crippen molar-refractivity contribution in [2.75, 3.05) is 26.6 Å². The molecule has 0 radical (unpaired) electrons. The molecule has 0 saturated heterocycles. The Morgan fingerprint density at radius 2 is 1.97 bits per heavy atom. The second-order valence-electron chi connectivity index (χ2n) is 7.48. The summed E-state index contributed by atoms with van der Waals surface area (Å²) in [7, 11) is 4.85. The van der Waals surface area contributed by atoms with Crippen molar-refractivity contribution in [3.63, 3.8) is 0 Å². The SMILES string of the molecule is COc1ccc2nc(-n3nc(C)c4c3NC(=O)CC4c3cccc(OC)c3OC)sc2c1. The molecule has 9 heteroatoms. The van der Waals surface area contributed by atoms with Gasteiger partial charge < -0.3 is 19.5 Å². The van der Waals surface area contributed by atoms with Gasteiger partial charge in [0.1, 0.15) is 11.6 Å². The summed E-state index contributed by atoms with van der Waals surface area (Å²) in [5, 5.41) is 8.44. The molecule has 32 heavy (non-hydrogen) atoms. The first-order valence-electron chi connectivity index (χ1n) is 10.1. The fourth-order valence-electron chi connectivity index (χ4n) is 4.25. The predicted octanol–water partition coefficient (Wildman–Crippen LogP) is 4.29. The lowest BCUT2D eigenvalue weighted by Crippen LogP contribution is -2.25. The van der Waals surface area contributed by atoms with E-state index in [1.807, 2.05) is 43.3 Å². The average Bonchev–Trinajstić information content (AvgIpc) is 3.37. The summed E-state index contributed by atoms with van der Waals surface area (Å²) >= 11 is 1.49. The van der Waals surface area contributed by atoms with Gasteiger partial charge in [0, 0.05) is 23.5 Å². The standard InChI is InChI=1S/C23H22N4O4S/c1-12-20-15(14-6-5-7-17(30-3)21(14)31-4)11-19(28)25-22(20)27(26-12)23-24-16-9-8-13(29-2)10-18(16)32-23/h5-10,15H,11H2,1-4H3,(H,25,28). The summed E-state index contributed by atoms with van der Waals surface area (Å²) in [5.41, 5.74) is 3.51. The van der Waals surface area contributed by atoms with Crippen LogP contribution in [0.3, 0.4) is 0 Å². The van der Waals surface area contributed by atoms with E-state index < -0.39 is 0 Å². The van der Waals surface area contributed by atoms with Gasteiger partial charge in [0.25, 0.3) is 0 Å². The number of aromatic nitrogens is 3. The molecule has 4 aromatic rings. The lowest BCUT2D eigenvalue weighted by atomic mass is 9.85. The number of amides is 1. The highest BCUT2D eigenvalue weighted by molar-refractivity contribution is 7.20. The molecule has 1 aliphatic rings. The molecule has 0 aliphatic carbocycles. The van der Waals surface area contributed by atoms with Crippen LogP contribution in [0.25, 0.3) is 15.3 Å². The van der Waals surface area contributed by atoms with Crippen LogP contribution in [0.15, 0.2) is 36.4 Å². The number of nitrogens with one attached hydrogen (secondary N) is 1. The summed E-state index contributed by atoms with van der Waals surface area (Å²) in [6.45, 7) is 1.95. The smallest absolute Gasteiger partial charge is 0.226 e. The molecule has 1 atom stereocenters. The van der Waals surface area contributed by atoms with E-state index in [0.29, 0.717) is 28.9 Å². The van der Waals surface area contributed by atoms with Crippen LogP contribution in [0, 0.1) is 6.92 Å². The zero-order valence-electron chi connectivity index (χ0n) is 18.1. The number of carbonyl (C=O) groups excluding carboxylic acids is 1. The first kappa shape index (κ1) is 20.3. The number of nitrogens with zero attached hydrogens (tertiary/aromatic N) is 3. The molecule has 2 aromatic carbocycles. The van der Waals surface area contributed by atoms with Gasteiger partial charge in [0.05, 0.1) is 37.2 Å². The van der Waals surface area contributed by atoms with Gasteiger partial charge in [-0.15, -0.1) is 0 Å². The number of benzene rings is 2. The van der Waals surface area contributed by atoms with Gasteiger partial charge in [-0.05, 0) is 31.2 Å². The number of hydrogen-bond donors (Lipinski definition) is 1. The number of methoxy groups -OCH3 is 3. The van der Waals surface area contributed by atoms with Crippen molar-refractivity contribution in [2.24, 2.45) is 0 Å². The number of fused-ring (bicyclic) bond motifs is 2. The summed E-state index contributed by atoms with van der Waals surface area (Å²) in [6, 6.07) is 11.5. The summed E-state index contributed by atoms with van der Waals surface area (Å²) in [4.78, 5) is 17.5. The van der Waals surface area contributed by atoms with Crippen LogP contribution < -0.4 is 19.5 Å². The maximum Gasteiger partial charge on any atom is 0.226 e. The van der Waals surface area contributed by atoms with Crippen molar-refractivity contribution < 1.29 is 19.0 Å². The van der Waals surface area contributed by atoms with Gasteiger partial charge in [-0.1, -0.05) is 23.5 Å². The van der Waals surface area contributed by atoms with Crippen molar-refractivity contribution >= 4 is 33.3 Å². The molecule has 3 heterocycles. The van der Waals surface area contributed by atoms with E-state index in [4.69, 9.17) is 24.3 Å². The molecule has 0 bridgehead atoms. The van der Waals surface area contributed by atoms with Crippen LogP contribution >= 0.6 is 11.3 Å². The molecule has 1 aliphatic heterocycles. The van der Waals surface area contributed by atoms with Gasteiger partial charge in [0.2, 0.25) is 11.0 Å². The van der Waals surface area contributed by atoms with Crippen molar-refractivity contribution in [3.05, 3.63) is 53.2 Å². The van der Waals surface area contributed by atoms with E-state index in [1.165, 1.54) is 11.3 Å². The molecule has 2 aromatic heterocycles. The molecule has 0 spiro atoms. The van der Waals surface area contributed by atoms with Gasteiger partial charge in [0.15, 0.2) is 11.5 Å². The fourth-order valence-corrected chi connectivity index (χ4v) is 5.20. The van der Waals surface area contributed by atoms with Crippen LogP contribution in [0.2, 0.25) is 0 Å². The second-order valence-corrected chi connectivity index (χ2v) is 8.49. The third kappa shape index (κ3) is 3.16. The molecule has 0 saturated carbocycles. The first-order valence-corrected chi connectivity index (χ1v) is 10.9. The number of hydrogen-bond acceptors (Lipinski definition) is 7. The zero-order valence-corrected chi connectivity index (χ0v) is 18.9. The Hall–Kier alpha value is -3.59. The second kappa shape index (κ2) is 7.83. The van der Waals surface area contributed by atoms with Gasteiger partial charge in [-0.25, -0.2) is 4.98 Å². The van der Waals surface area contributed by atoms with E-state index in [9.17, 15) is 4.79 Å². The number of carbonyl (C=O) groups is 1. The number of aryl methyl sites for hydroxylation is 1. The highest BCUT2D eigenvalue weighted by Gasteiger charge is 2.35. The van der Waals surface area contributed by atoms with E-state index >= 15 is 0 Å². The number of thiazole rings is 1. The first-order chi connectivity index (χ1) is 15.5. The average molecular weight is 451 g/mol. The monoisotopic (exact) mass is 450 g/mol. The van der Waals surface area contributed by atoms with Crippen molar-refractivity contribution in [2.45, 2.75) is 19.3 Å². The number of anilines is 1. The molecule has 1 unspecified atom stereocenters. The summed E-state index contributed by atoms with van der Waals surface area (Å²) in [6.07, 6.45) is 0.292. The van der Waals surface area contributed by atoms with E-state index in [-0.39, 0.29) is 11.8 Å². The Kier molecular flexibility index (Phi) is 4.97. The normalized spacial score (nSPS) is 15.4. The van der Waals surface area contributed by atoms with Crippen molar-refractivity contribution in [3.8, 4) is 22.4 Å². The molecule has 8 nitrogen and oxygen atoms in total. The number of ether oxygens (including phenoxy) is 3. The highest BCUT2D eigenvalue weighted by atomic mass is 32.1. The Bertz CT molecular complexity index is 1340. The maximum atomic E-state index is 12.8. The lowest BCUT2D eigenvalue weighted by Gasteiger charge is -2.26. The Labute approximate surface area is 188 Å². The van der Waals surface area contributed by atoms with E-state index in [1.54, 1.807) is 26.0 Å². The van der Waals surface area contributed by atoms with E-state index in [0.717, 1.165) is 32.8 Å². The van der Waals surface area contributed by atoms with Crippen LogP contribution in [-0.2, 0) is 4.79 Å². The van der Waals surface area contributed by atoms with Crippen LogP contribution in [-0.4, -0.2) is 42.0 Å². The van der Waals surface area contributed by atoms with E-state index in [2.05, 4.69) is 5.32 Å². The van der Waals surface area contributed by atoms with Gasteiger partial charge in [-0.2, -0.15) is 9.78 Å². The molecular formula is C23H22N4O4S. The third-order valence-electron chi connectivity index (χ3n) is 5.68. The minimum atomic E-state index is -0.216. The number of para-hydroxylation sites is 1.